The van der Waals surface area contributed by atoms with Crippen molar-refractivity contribution < 1.29 is 4.79 Å². The van der Waals surface area contributed by atoms with Crippen molar-refractivity contribution in [3.05, 3.63) is 47.3 Å². The maximum Gasteiger partial charge on any atom is 0.228 e. The highest BCUT2D eigenvalue weighted by atomic mass is 16.1. The van der Waals surface area contributed by atoms with E-state index < -0.39 is 0 Å². The van der Waals surface area contributed by atoms with Crippen molar-refractivity contribution in [3.63, 3.8) is 0 Å². The fraction of sp³-hybridized carbons (Fsp3) is 0.474. The Balaban J connectivity index is 2.10. The standard InChI is InChI=1S/C19H27N3O/c1-13(2)10-14(3)17-8-6-7-9-18(17)20-19(23)11-16-12-22(5)21-15(16)4/h6-9,12-14H,10-11H2,1-5H3,(H,20,23). The molecule has 0 aliphatic carbocycles. The molecule has 2 aromatic rings. The molecule has 124 valence electrons. The summed E-state index contributed by atoms with van der Waals surface area (Å²) < 4.78 is 1.75. The molecule has 1 N–H and O–H groups in total. The third-order valence-electron chi connectivity index (χ3n) is 4.06. The van der Waals surface area contributed by atoms with Crippen molar-refractivity contribution in [2.24, 2.45) is 13.0 Å². The Kier molecular flexibility index (Phi) is 5.59. The molecule has 0 saturated carbocycles. The summed E-state index contributed by atoms with van der Waals surface area (Å²) in [7, 11) is 1.87. The molecule has 0 bridgehead atoms. The van der Waals surface area contributed by atoms with Crippen molar-refractivity contribution in [1.82, 2.24) is 9.78 Å². The minimum atomic E-state index is 0.00490. The maximum atomic E-state index is 12.4. The predicted octanol–water partition coefficient (Wildman–Crippen LogP) is 4.06. The van der Waals surface area contributed by atoms with Gasteiger partial charge in [-0.2, -0.15) is 5.10 Å². The zero-order valence-electron chi connectivity index (χ0n) is 14.8. The van der Waals surface area contributed by atoms with E-state index in [1.54, 1.807) is 4.68 Å². The van der Waals surface area contributed by atoms with E-state index in [4.69, 9.17) is 0 Å². The maximum absolute atomic E-state index is 12.4. The third-order valence-corrected chi connectivity index (χ3v) is 4.06. The number of anilines is 1. The average Bonchev–Trinajstić information content (AvgIpc) is 2.76. The van der Waals surface area contributed by atoms with Gasteiger partial charge in [0.25, 0.3) is 0 Å². The third kappa shape index (κ3) is 4.68. The summed E-state index contributed by atoms with van der Waals surface area (Å²) in [6, 6.07) is 8.10. The summed E-state index contributed by atoms with van der Waals surface area (Å²) in [6.07, 6.45) is 3.36. The highest BCUT2D eigenvalue weighted by Gasteiger charge is 2.15. The first-order valence-corrected chi connectivity index (χ1v) is 8.24. The molecule has 1 heterocycles. The van der Waals surface area contributed by atoms with E-state index in [1.165, 1.54) is 5.56 Å². The van der Waals surface area contributed by atoms with E-state index >= 15 is 0 Å². The lowest BCUT2D eigenvalue weighted by atomic mass is 9.91. The van der Waals surface area contributed by atoms with Crippen molar-refractivity contribution in [3.8, 4) is 0 Å². The van der Waals surface area contributed by atoms with Gasteiger partial charge >= 0.3 is 0 Å². The molecular weight excluding hydrogens is 286 g/mol. The topological polar surface area (TPSA) is 46.9 Å². The number of carbonyl (C=O) groups excluding carboxylic acids is 1. The van der Waals surface area contributed by atoms with Gasteiger partial charge in [0.1, 0.15) is 0 Å². The van der Waals surface area contributed by atoms with Crippen molar-refractivity contribution >= 4 is 11.6 Å². The van der Waals surface area contributed by atoms with E-state index in [0.29, 0.717) is 18.3 Å². The minimum absolute atomic E-state index is 0.00490. The fourth-order valence-corrected chi connectivity index (χ4v) is 3.06. The van der Waals surface area contributed by atoms with Crippen LogP contribution in [0.15, 0.2) is 30.5 Å². The zero-order valence-corrected chi connectivity index (χ0v) is 14.8. The van der Waals surface area contributed by atoms with Gasteiger partial charge in [-0.3, -0.25) is 9.48 Å². The van der Waals surface area contributed by atoms with Crippen molar-refractivity contribution in [1.29, 1.82) is 0 Å². The van der Waals surface area contributed by atoms with Crippen molar-refractivity contribution in [2.45, 2.75) is 46.5 Å². The second-order valence-corrected chi connectivity index (χ2v) is 6.76. The largest absolute Gasteiger partial charge is 0.326 e. The first kappa shape index (κ1) is 17.3. The molecule has 4 nitrogen and oxygen atoms in total. The molecule has 0 spiro atoms. The monoisotopic (exact) mass is 313 g/mol. The van der Waals surface area contributed by atoms with Crippen LogP contribution < -0.4 is 5.32 Å². The number of aryl methyl sites for hydroxylation is 2. The number of benzene rings is 1. The highest BCUT2D eigenvalue weighted by Crippen LogP contribution is 2.29. The molecule has 1 unspecified atom stereocenters. The van der Waals surface area contributed by atoms with Gasteiger partial charge in [-0.1, -0.05) is 39.0 Å². The molecule has 0 radical (unpaired) electrons. The van der Waals surface area contributed by atoms with Crippen molar-refractivity contribution in [2.75, 3.05) is 5.32 Å². The van der Waals surface area contributed by atoms with Crippen LogP contribution in [0.1, 0.15) is 49.9 Å². The minimum Gasteiger partial charge on any atom is -0.326 e. The van der Waals surface area contributed by atoms with Gasteiger partial charge in [0, 0.05) is 24.5 Å². The lowest BCUT2D eigenvalue weighted by Gasteiger charge is -2.18. The van der Waals surface area contributed by atoms with Crippen LogP contribution in [0.2, 0.25) is 0 Å². The Bertz CT molecular complexity index is 673. The fourth-order valence-electron chi connectivity index (χ4n) is 3.06. The van der Waals surface area contributed by atoms with Gasteiger partial charge in [0.15, 0.2) is 0 Å². The Hall–Kier alpha value is -2.10. The summed E-state index contributed by atoms with van der Waals surface area (Å²) in [6.45, 7) is 8.60. The van der Waals surface area contributed by atoms with E-state index in [-0.39, 0.29) is 5.91 Å². The van der Waals surface area contributed by atoms with Gasteiger partial charge in [-0.15, -0.1) is 0 Å². The molecule has 1 atom stereocenters. The van der Waals surface area contributed by atoms with Crippen LogP contribution in [0, 0.1) is 12.8 Å². The first-order chi connectivity index (χ1) is 10.9. The van der Waals surface area contributed by atoms with Gasteiger partial charge < -0.3 is 5.32 Å². The summed E-state index contributed by atoms with van der Waals surface area (Å²) in [5, 5.41) is 7.36. The SMILES string of the molecule is Cc1nn(C)cc1CC(=O)Nc1ccccc1C(C)CC(C)C. The van der Waals surface area contributed by atoms with Crippen LogP contribution in [-0.2, 0) is 18.3 Å². The Labute approximate surface area is 138 Å². The van der Waals surface area contributed by atoms with E-state index in [1.807, 2.05) is 38.4 Å². The average molecular weight is 313 g/mol. The quantitative estimate of drug-likeness (QED) is 0.874. The Morgan fingerprint density at radius 1 is 1.26 bits per heavy atom. The van der Waals surface area contributed by atoms with E-state index in [0.717, 1.165) is 23.4 Å². The number of amides is 1. The molecule has 4 heteroatoms. The van der Waals surface area contributed by atoms with Gasteiger partial charge in [-0.05, 0) is 36.8 Å². The van der Waals surface area contributed by atoms with Crippen LogP contribution in [-0.4, -0.2) is 15.7 Å². The van der Waals surface area contributed by atoms with E-state index in [2.05, 4.69) is 37.3 Å². The summed E-state index contributed by atoms with van der Waals surface area (Å²) in [4.78, 5) is 12.4. The number of hydrogen-bond donors (Lipinski definition) is 1. The number of aromatic nitrogens is 2. The molecule has 0 aliphatic rings. The number of carbonyl (C=O) groups is 1. The van der Waals surface area contributed by atoms with Crippen LogP contribution in [0.3, 0.4) is 0 Å². The van der Waals surface area contributed by atoms with Gasteiger partial charge in [0.05, 0.1) is 12.1 Å². The van der Waals surface area contributed by atoms with Gasteiger partial charge in [0.2, 0.25) is 5.91 Å². The Morgan fingerprint density at radius 3 is 2.57 bits per heavy atom. The summed E-state index contributed by atoms with van der Waals surface area (Å²) in [5.74, 6) is 1.06. The molecule has 0 fully saturated rings. The number of rotatable bonds is 6. The van der Waals surface area contributed by atoms with E-state index in [9.17, 15) is 4.79 Å². The lowest BCUT2D eigenvalue weighted by Crippen LogP contribution is -2.16. The van der Waals surface area contributed by atoms with Crippen LogP contribution in [0.25, 0.3) is 0 Å². The second kappa shape index (κ2) is 7.44. The molecular formula is C19H27N3O. The molecule has 1 aromatic heterocycles. The molecule has 0 saturated heterocycles. The normalized spacial score (nSPS) is 12.4. The van der Waals surface area contributed by atoms with Crippen LogP contribution >= 0.6 is 0 Å². The molecule has 1 aromatic carbocycles. The predicted molar refractivity (Wildman–Crippen MR) is 94.6 cm³/mol. The van der Waals surface area contributed by atoms with Crippen LogP contribution in [0.5, 0.6) is 0 Å². The number of nitrogens with zero attached hydrogens (tertiary/aromatic N) is 2. The molecule has 2 rings (SSSR count). The zero-order chi connectivity index (χ0) is 17.0. The summed E-state index contributed by atoms with van der Waals surface area (Å²) in [5.41, 5.74) is 4.01. The highest BCUT2D eigenvalue weighted by molar-refractivity contribution is 5.93. The van der Waals surface area contributed by atoms with Crippen LogP contribution in [0.4, 0.5) is 5.69 Å². The summed E-state index contributed by atoms with van der Waals surface area (Å²) >= 11 is 0. The molecule has 0 aliphatic heterocycles. The second-order valence-electron chi connectivity index (χ2n) is 6.76. The number of nitrogens with one attached hydrogen (secondary N) is 1. The molecule has 1 amide bonds. The van der Waals surface area contributed by atoms with Gasteiger partial charge in [-0.25, -0.2) is 0 Å². The number of para-hydroxylation sites is 1. The molecule has 23 heavy (non-hydrogen) atoms. The lowest BCUT2D eigenvalue weighted by molar-refractivity contribution is -0.115. The smallest absolute Gasteiger partial charge is 0.228 e. The first-order valence-electron chi connectivity index (χ1n) is 8.24. The Morgan fingerprint density at radius 2 is 1.96 bits per heavy atom. The number of hydrogen-bond acceptors (Lipinski definition) is 2.